The van der Waals surface area contributed by atoms with Crippen LogP contribution in [0.5, 0.6) is 0 Å². The molecule has 0 amide bonds. The molecule has 21 heavy (non-hydrogen) atoms. The molecule has 10 heteroatoms. The molecule has 1 aromatic rings. The molecular weight excluding hydrogens is 359 g/mol. The van der Waals surface area contributed by atoms with E-state index >= 15 is 0 Å². The summed E-state index contributed by atoms with van der Waals surface area (Å²) >= 11 is 5.87. The van der Waals surface area contributed by atoms with Crippen LogP contribution in [-0.4, -0.2) is 23.0 Å². The van der Waals surface area contributed by atoms with Gasteiger partial charge < -0.3 is 5.32 Å². The molecule has 0 fully saturated rings. The molecule has 1 aliphatic rings. The van der Waals surface area contributed by atoms with Crippen LogP contribution in [0, 0.1) is 0 Å². The lowest BCUT2D eigenvalue weighted by atomic mass is 10.2. The predicted octanol–water partition coefficient (Wildman–Crippen LogP) is 2.49. The fourth-order valence-corrected chi connectivity index (χ4v) is 5.02. The number of benzene rings is 1. The zero-order chi connectivity index (χ0) is 15.8. The summed E-state index contributed by atoms with van der Waals surface area (Å²) in [4.78, 5) is -0.609. The van der Waals surface area contributed by atoms with Gasteiger partial charge in [0.1, 0.15) is 9.79 Å². The smallest absolute Gasteiger partial charge is 0.262 e. The molecule has 2 rings (SSSR count). The van der Waals surface area contributed by atoms with E-state index in [9.17, 15) is 16.8 Å². The van der Waals surface area contributed by atoms with E-state index in [4.69, 9.17) is 22.3 Å². The van der Waals surface area contributed by atoms with Gasteiger partial charge in [-0.05, 0) is 18.6 Å². The fourth-order valence-electron chi connectivity index (χ4n) is 2.06. The minimum Gasteiger partial charge on any atom is -0.368 e. The van der Waals surface area contributed by atoms with Crippen molar-refractivity contribution in [1.29, 1.82) is 0 Å². The van der Waals surface area contributed by atoms with Gasteiger partial charge >= 0.3 is 0 Å². The Morgan fingerprint density at radius 3 is 2.57 bits per heavy atom. The van der Waals surface area contributed by atoms with Crippen molar-refractivity contribution < 1.29 is 16.8 Å². The molecule has 0 saturated carbocycles. The van der Waals surface area contributed by atoms with Gasteiger partial charge in [-0.15, -0.1) is 0 Å². The van der Waals surface area contributed by atoms with E-state index in [2.05, 4.69) is 10.0 Å². The summed E-state index contributed by atoms with van der Waals surface area (Å²) in [5, 5.41) is 2.87. The Morgan fingerprint density at radius 2 is 2.00 bits per heavy atom. The number of anilines is 1. The molecule has 6 nitrogen and oxygen atoms in total. The van der Waals surface area contributed by atoms with Crippen molar-refractivity contribution >= 4 is 47.0 Å². The fraction of sp³-hybridized carbons (Fsp3) is 0.455. The molecule has 1 atom stereocenters. The maximum absolute atomic E-state index is 12.2. The van der Waals surface area contributed by atoms with Crippen LogP contribution in [0.3, 0.4) is 0 Å². The summed E-state index contributed by atoms with van der Waals surface area (Å²) in [5.41, 5.74) is 0.268. The molecule has 0 bridgehead atoms. The van der Waals surface area contributed by atoms with Gasteiger partial charge in [-0.1, -0.05) is 31.4 Å². The van der Waals surface area contributed by atoms with Crippen molar-refractivity contribution in [2.24, 2.45) is 0 Å². The summed E-state index contributed by atoms with van der Waals surface area (Å²) in [6, 6.07) is 2.23. The first-order valence-electron chi connectivity index (χ1n) is 6.22. The average Bonchev–Trinajstić information content (AvgIpc) is 2.33. The van der Waals surface area contributed by atoms with Crippen LogP contribution in [0.25, 0.3) is 0 Å². The summed E-state index contributed by atoms with van der Waals surface area (Å²) < 4.78 is 49.7. The lowest BCUT2D eigenvalue weighted by Gasteiger charge is -2.28. The zero-order valence-corrected chi connectivity index (χ0v) is 14.2. The van der Waals surface area contributed by atoms with Crippen LogP contribution in [0.1, 0.15) is 26.2 Å². The second kappa shape index (κ2) is 5.92. The SMILES string of the molecule is CCCCC1Nc2cc(Cl)c(S(=O)(=O)Cl)cc2S(=O)(=O)N1. The van der Waals surface area contributed by atoms with Crippen molar-refractivity contribution in [1.82, 2.24) is 4.72 Å². The third-order valence-corrected chi connectivity index (χ3v) is 6.36. The number of rotatable bonds is 4. The third kappa shape index (κ3) is 3.62. The van der Waals surface area contributed by atoms with Gasteiger partial charge in [0.05, 0.1) is 16.9 Å². The van der Waals surface area contributed by atoms with Gasteiger partial charge in [0.15, 0.2) is 0 Å². The highest BCUT2D eigenvalue weighted by molar-refractivity contribution is 8.13. The molecule has 1 heterocycles. The lowest BCUT2D eigenvalue weighted by molar-refractivity contribution is 0.531. The van der Waals surface area contributed by atoms with E-state index in [1.165, 1.54) is 6.07 Å². The molecule has 0 aromatic heterocycles. The first-order valence-corrected chi connectivity index (χ1v) is 10.4. The van der Waals surface area contributed by atoms with Crippen LogP contribution in [0.15, 0.2) is 21.9 Å². The maximum atomic E-state index is 12.2. The molecule has 0 aliphatic carbocycles. The number of hydrogen-bond donors (Lipinski definition) is 2. The average molecular weight is 373 g/mol. The van der Waals surface area contributed by atoms with E-state index in [1.807, 2.05) is 6.92 Å². The highest BCUT2D eigenvalue weighted by Gasteiger charge is 2.31. The van der Waals surface area contributed by atoms with E-state index in [0.29, 0.717) is 6.42 Å². The maximum Gasteiger partial charge on any atom is 0.262 e. The molecule has 1 aliphatic heterocycles. The molecule has 0 radical (unpaired) electrons. The van der Waals surface area contributed by atoms with E-state index in [1.54, 1.807) is 0 Å². The highest BCUT2D eigenvalue weighted by atomic mass is 35.7. The summed E-state index contributed by atoms with van der Waals surface area (Å²) in [6.45, 7) is 2.00. The number of halogens is 2. The number of sulfonamides is 1. The van der Waals surface area contributed by atoms with E-state index in [0.717, 1.165) is 18.9 Å². The van der Waals surface area contributed by atoms with Gasteiger partial charge in [-0.3, -0.25) is 0 Å². The topological polar surface area (TPSA) is 92.3 Å². The second-order valence-electron chi connectivity index (χ2n) is 4.68. The Balaban J connectivity index is 2.51. The van der Waals surface area contributed by atoms with Crippen LogP contribution in [-0.2, 0) is 19.1 Å². The Kier molecular flexibility index (Phi) is 4.75. The highest BCUT2D eigenvalue weighted by Crippen LogP contribution is 2.35. The van der Waals surface area contributed by atoms with Crippen LogP contribution < -0.4 is 10.0 Å². The minimum atomic E-state index is -4.12. The van der Waals surface area contributed by atoms with Crippen molar-refractivity contribution in [3.05, 3.63) is 17.2 Å². The van der Waals surface area contributed by atoms with Gasteiger partial charge in [0.2, 0.25) is 10.0 Å². The van der Waals surface area contributed by atoms with Crippen molar-refractivity contribution in [2.45, 2.75) is 42.1 Å². The van der Waals surface area contributed by atoms with Gasteiger partial charge in [0.25, 0.3) is 9.05 Å². The Labute approximate surface area is 133 Å². The van der Waals surface area contributed by atoms with Gasteiger partial charge in [0, 0.05) is 10.7 Å². The van der Waals surface area contributed by atoms with Crippen molar-refractivity contribution in [3.8, 4) is 0 Å². The molecule has 0 saturated heterocycles. The quantitative estimate of drug-likeness (QED) is 0.791. The van der Waals surface area contributed by atoms with E-state index < -0.39 is 30.1 Å². The zero-order valence-electron chi connectivity index (χ0n) is 11.1. The monoisotopic (exact) mass is 372 g/mol. The Hall–Kier alpha value is -0.540. The standard InChI is InChI=1S/C11H14Cl2N2O4S2/c1-2-3-4-11-14-8-5-7(12)9(20(13,16)17)6-10(8)21(18,19)15-11/h5-6,11,14-15H,2-4H2,1H3. The number of fused-ring (bicyclic) bond motifs is 1. The Morgan fingerprint density at radius 1 is 1.33 bits per heavy atom. The largest absolute Gasteiger partial charge is 0.368 e. The van der Waals surface area contributed by atoms with Gasteiger partial charge in [-0.25, -0.2) is 16.8 Å². The minimum absolute atomic E-state index is 0.123. The molecular formula is C11H14Cl2N2O4S2. The molecule has 1 unspecified atom stereocenters. The number of nitrogens with one attached hydrogen (secondary N) is 2. The third-order valence-electron chi connectivity index (χ3n) is 3.06. The number of unbranched alkanes of at least 4 members (excludes halogenated alkanes) is 1. The van der Waals surface area contributed by atoms with Crippen LogP contribution >= 0.6 is 22.3 Å². The summed E-state index contributed by atoms with van der Waals surface area (Å²) in [6.07, 6.45) is 1.94. The lowest BCUT2D eigenvalue weighted by Crippen LogP contribution is -2.44. The van der Waals surface area contributed by atoms with E-state index in [-0.39, 0.29) is 15.6 Å². The summed E-state index contributed by atoms with van der Waals surface area (Å²) in [7, 11) is -2.69. The van der Waals surface area contributed by atoms with Crippen molar-refractivity contribution in [2.75, 3.05) is 5.32 Å². The molecule has 1 aromatic carbocycles. The first kappa shape index (κ1) is 16.8. The van der Waals surface area contributed by atoms with Gasteiger partial charge in [-0.2, -0.15) is 4.72 Å². The molecule has 0 spiro atoms. The van der Waals surface area contributed by atoms with Crippen LogP contribution in [0.4, 0.5) is 5.69 Å². The second-order valence-corrected chi connectivity index (χ2v) is 9.30. The van der Waals surface area contributed by atoms with Crippen LogP contribution in [0.2, 0.25) is 5.02 Å². The number of hydrogen-bond acceptors (Lipinski definition) is 5. The predicted molar refractivity (Wildman–Crippen MR) is 81.7 cm³/mol. The molecule has 2 N–H and O–H groups in total. The van der Waals surface area contributed by atoms with Crippen molar-refractivity contribution in [3.63, 3.8) is 0 Å². The Bertz CT molecular complexity index is 763. The normalized spacial score (nSPS) is 20.6. The first-order chi connectivity index (χ1) is 9.65. The summed E-state index contributed by atoms with van der Waals surface area (Å²) in [5.74, 6) is 0. The molecule has 118 valence electrons.